The summed E-state index contributed by atoms with van der Waals surface area (Å²) in [6.07, 6.45) is 0. The minimum Gasteiger partial charge on any atom is -0.339 e. The first-order valence-corrected chi connectivity index (χ1v) is 8.86. The van der Waals surface area contributed by atoms with Gasteiger partial charge in [0.25, 0.3) is 8.48 Å². The fourth-order valence-electron chi connectivity index (χ4n) is 2.09. The largest absolute Gasteiger partial charge is 0.339 e. The molecule has 0 radical (unpaired) electrons. The molecule has 0 spiro atoms. The Bertz CT molecular complexity index is 168. The van der Waals surface area contributed by atoms with Gasteiger partial charge >= 0.3 is 8.60 Å². The van der Waals surface area contributed by atoms with Gasteiger partial charge in [-0.25, -0.2) is 0 Å². The minimum atomic E-state index is -2.25. The topological polar surface area (TPSA) is 52.9 Å². The van der Waals surface area contributed by atoms with Gasteiger partial charge in [-0.1, -0.05) is 27.7 Å². The van der Waals surface area contributed by atoms with Crippen molar-refractivity contribution in [1.29, 1.82) is 0 Å². The lowest BCUT2D eigenvalue weighted by atomic mass is 10.3. The summed E-state index contributed by atoms with van der Waals surface area (Å²) in [4.78, 5) is 17.8. The summed E-state index contributed by atoms with van der Waals surface area (Å²) in [5.41, 5.74) is 0. The van der Waals surface area contributed by atoms with E-state index in [0.29, 0.717) is 12.1 Å². The summed E-state index contributed by atoms with van der Waals surface area (Å²) in [7, 11) is -4.41. The summed E-state index contributed by atoms with van der Waals surface area (Å²) in [5, 5.41) is 0. The lowest BCUT2D eigenvalue weighted by molar-refractivity contribution is 0.243. The van der Waals surface area contributed by atoms with Crippen LogP contribution in [0, 0.1) is 0 Å². The number of nitrogens with zero attached hydrogens (tertiary/aromatic N) is 1. The molecular formula is C8H22NO3PSi. The predicted octanol–water partition coefficient (Wildman–Crippen LogP) is 2.04. The second kappa shape index (κ2) is 5.54. The van der Waals surface area contributed by atoms with Crippen LogP contribution in [0.15, 0.2) is 0 Å². The zero-order valence-corrected chi connectivity index (χ0v) is 11.7. The summed E-state index contributed by atoms with van der Waals surface area (Å²) >= 11 is 0. The molecule has 0 bridgehead atoms. The molecule has 0 aromatic carbocycles. The van der Waals surface area contributed by atoms with Crippen LogP contribution >= 0.6 is 8.60 Å². The number of hydrogen-bond donors (Lipinski definition) is 2. The second-order valence-electron chi connectivity index (χ2n) is 4.39. The third-order valence-corrected chi connectivity index (χ3v) is 6.76. The van der Waals surface area contributed by atoms with Crippen molar-refractivity contribution in [2.45, 2.75) is 52.9 Å². The van der Waals surface area contributed by atoms with E-state index in [0.717, 1.165) is 0 Å². The zero-order valence-electron chi connectivity index (χ0n) is 9.85. The van der Waals surface area contributed by atoms with Crippen LogP contribution in [0.1, 0.15) is 27.7 Å². The van der Waals surface area contributed by atoms with E-state index in [1.807, 2.05) is 13.1 Å². The van der Waals surface area contributed by atoms with E-state index in [2.05, 4.69) is 32.3 Å². The maximum absolute atomic E-state index is 8.91. The standard InChI is InChI=1S/C8H22NO3PSi/c1-7(2)9(8(3)4)14(5,6)12-13(10)11/h7-8,10-11H,1-6H3. The summed E-state index contributed by atoms with van der Waals surface area (Å²) in [5.74, 6) is 0. The molecule has 86 valence electrons. The van der Waals surface area contributed by atoms with Gasteiger partial charge in [0, 0.05) is 0 Å². The first-order chi connectivity index (χ1) is 6.18. The monoisotopic (exact) mass is 239 g/mol. The Hall–Kier alpha value is 0.487. The maximum Gasteiger partial charge on any atom is 0.317 e. The quantitative estimate of drug-likeness (QED) is 0.569. The second-order valence-corrected chi connectivity index (χ2v) is 9.03. The fourth-order valence-corrected chi connectivity index (χ4v) is 6.55. The maximum atomic E-state index is 8.91. The van der Waals surface area contributed by atoms with E-state index in [1.165, 1.54) is 0 Å². The molecule has 4 nitrogen and oxygen atoms in total. The van der Waals surface area contributed by atoms with Gasteiger partial charge in [-0.3, -0.25) is 4.57 Å². The van der Waals surface area contributed by atoms with E-state index < -0.39 is 17.1 Å². The van der Waals surface area contributed by atoms with E-state index in [-0.39, 0.29) is 0 Å². The zero-order chi connectivity index (χ0) is 11.5. The van der Waals surface area contributed by atoms with Crippen molar-refractivity contribution in [2.24, 2.45) is 0 Å². The highest BCUT2D eigenvalue weighted by atomic mass is 31.2. The van der Waals surface area contributed by atoms with Gasteiger partial charge in [0.2, 0.25) is 0 Å². The van der Waals surface area contributed by atoms with Gasteiger partial charge in [0.15, 0.2) is 0 Å². The van der Waals surface area contributed by atoms with Gasteiger partial charge in [-0.15, -0.1) is 0 Å². The summed E-state index contributed by atoms with van der Waals surface area (Å²) in [6, 6.07) is 0.707. The van der Waals surface area contributed by atoms with Crippen LogP contribution in [0.25, 0.3) is 0 Å². The highest BCUT2D eigenvalue weighted by Crippen LogP contribution is 2.33. The van der Waals surface area contributed by atoms with Gasteiger partial charge in [-0.2, -0.15) is 0 Å². The smallest absolute Gasteiger partial charge is 0.317 e. The molecule has 0 aromatic rings. The predicted molar refractivity (Wildman–Crippen MR) is 62.0 cm³/mol. The molecule has 0 saturated carbocycles. The normalized spacial score (nSPS) is 13.7. The highest BCUT2D eigenvalue weighted by Gasteiger charge is 2.37. The van der Waals surface area contributed by atoms with Crippen molar-refractivity contribution in [1.82, 2.24) is 4.57 Å². The Morgan fingerprint density at radius 1 is 1.07 bits per heavy atom. The average Bonchev–Trinajstić information content (AvgIpc) is 1.77. The molecular weight excluding hydrogens is 217 g/mol. The van der Waals surface area contributed by atoms with Crippen molar-refractivity contribution < 1.29 is 14.0 Å². The van der Waals surface area contributed by atoms with Crippen molar-refractivity contribution in [3.63, 3.8) is 0 Å². The molecule has 0 fully saturated rings. The Morgan fingerprint density at radius 3 is 1.64 bits per heavy atom. The minimum absolute atomic E-state index is 0.353. The molecule has 0 rings (SSSR count). The third-order valence-electron chi connectivity index (χ3n) is 2.04. The molecule has 0 saturated heterocycles. The van der Waals surface area contributed by atoms with Gasteiger partial charge in [0.1, 0.15) is 0 Å². The SMILES string of the molecule is CC(C)N(C(C)C)[Si](C)(C)OP(O)O. The van der Waals surface area contributed by atoms with Crippen LogP contribution in [-0.2, 0) is 4.21 Å². The van der Waals surface area contributed by atoms with Crippen LogP contribution in [0.2, 0.25) is 13.1 Å². The molecule has 0 amide bonds. The van der Waals surface area contributed by atoms with Gasteiger partial charge in [0.05, 0.1) is 0 Å². The Labute approximate surface area is 89.1 Å². The molecule has 0 atom stereocenters. The highest BCUT2D eigenvalue weighted by molar-refractivity contribution is 7.41. The van der Waals surface area contributed by atoms with Crippen LogP contribution in [0.4, 0.5) is 0 Å². The Balaban J connectivity index is 4.62. The van der Waals surface area contributed by atoms with Crippen LogP contribution in [0.3, 0.4) is 0 Å². The molecule has 0 aliphatic carbocycles. The third kappa shape index (κ3) is 4.34. The molecule has 0 aliphatic rings. The average molecular weight is 239 g/mol. The van der Waals surface area contributed by atoms with Crippen molar-refractivity contribution in [2.75, 3.05) is 0 Å². The van der Waals surface area contributed by atoms with Crippen molar-refractivity contribution in [3.8, 4) is 0 Å². The van der Waals surface area contributed by atoms with Crippen LogP contribution in [0.5, 0.6) is 0 Å². The van der Waals surface area contributed by atoms with Crippen LogP contribution in [-0.4, -0.2) is 34.9 Å². The lowest BCUT2D eigenvalue weighted by Gasteiger charge is -2.41. The first kappa shape index (κ1) is 14.5. The van der Waals surface area contributed by atoms with Gasteiger partial charge < -0.3 is 14.0 Å². The van der Waals surface area contributed by atoms with Crippen molar-refractivity contribution >= 4 is 17.1 Å². The summed E-state index contributed by atoms with van der Waals surface area (Å²) in [6.45, 7) is 12.3. The van der Waals surface area contributed by atoms with E-state index >= 15 is 0 Å². The molecule has 0 unspecified atom stereocenters. The van der Waals surface area contributed by atoms with E-state index in [4.69, 9.17) is 14.0 Å². The molecule has 6 heteroatoms. The molecule has 14 heavy (non-hydrogen) atoms. The first-order valence-electron chi connectivity index (χ1n) is 4.84. The molecule has 0 aromatic heterocycles. The van der Waals surface area contributed by atoms with Gasteiger partial charge in [-0.05, 0) is 25.2 Å². The van der Waals surface area contributed by atoms with Crippen LogP contribution < -0.4 is 0 Å². The Kier molecular flexibility index (Phi) is 5.73. The Morgan fingerprint density at radius 2 is 1.43 bits per heavy atom. The number of hydrogen-bond acceptors (Lipinski definition) is 4. The molecule has 0 heterocycles. The van der Waals surface area contributed by atoms with Crippen molar-refractivity contribution in [3.05, 3.63) is 0 Å². The lowest BCUT2D eigenvalue weighted by Crippen LogP contribution is -2.56. The van der Waals surface area contributed by atoms with E-state index in [9.17, 15) is 0 Å². The number of rotatable bonds is 5. The molecule has 2 N–H and O–H groups in total. The van der Waals surface area contributed by atoms with E-state index in [1.54, 1.807) is 0 Å². The summed E-state index contributed by atoms with van der Waals surface area (Å²) < 4.78 is 7.49. The fraction of sp³-hybridized carbons (Fsp3) is 1.00. The molecule has 0 aliphatic heterocycles.